The summed E-state index contributed by atoms with van der Waals surface area (Å²) >= 11 is 0. The molecule has 2 rings (SSSR count). The molecule has 0 aliphatic carbocycles. The van der Waals surface area contributed by atoms with Crippen LogP contribution in [0.1, 0.15) is 17.5 Å². The van der Waals surface area contributed by atoms with E-state index in [1.807, 2.05) is 31.2 Å². The predicted octanol–water partition coefficient (Wildman–Crippen LogP) is 2.38. The van der Waals surface area contributed by atoms with Crippen LogP contribution in [-0.4, -0.2) is 31.7 Å². The van der Waals surface area contributed by atoms with E-state index in [0.717, 1.165) is 11.3 Å². The Labute approximate surface area is 162 Å². The zero-order valence-corrected chi connectivity index (χ0v) is 15.6. The van der Waals surface area contributed by atoms with Gasteiger partial charge in [0.25, 0.3) is 11.8 Å². The van der Waals surface area contributed by atoms with Gasteiger partial charge in [-0.05, 0) is 42.3 Å². The molecule has 0 heterocycles. The number of amides is 2. The van der Waals surface area contributed by atoms with Crippen molar-refractivity contribution in [3.8, 4) is 17.6 Å². The van der Waals surface area contributed by atoms with Gasteiger partial charge in [-0.15, -0.1) is 0 Å². The molecule has 2 aromatic rings. The number of carbonyl (C=O) groups is 2. The average Bonchev–Trinajstić information content (AvgIpc) is 2.68. The van der Waals surface area contributed by atoms with Gasteiger partial charge in [-0.25, -0.2) is 5.43 Å². The topological polar surface area (TPSA) is 113 Å². The Morgan fingerprint density at radius 3 is 2.68 bits per heavy atom. The van der Waals surface area contributed by atoms with Crippen LogP contribution in [-0.2, 0) is 9.59 Å². The van der Waals surface area contributed by atoms with E-state index >= 15 is 0 Å². The van der Waals surface area contributed by atoms with Crippen LogP contribution in [0, 0.1) is 18.3 Å². The third-order valence-corrected chi connectivity index (χ3v) is 3.61. The maximum absolute atomic E-state index is 12.1. The number of rotatable bonds is 8. The predicted molar refractivity (Wildman–Crippen MR) is 104 cm³/mol. The molecule has 2 amide bonds. The number of hydrogen-bond acceptors (Lipinski definition) is 6. The van der Waals surface area contributed by atoms with E-state index in [4.69, 9.17) is 14.7 Å². The summed E-state index contributed by atoms with van der Waals surface area (Å²) < 4.78 is 10.8. The number of nitriles is 1. The van der Waals surface area contributed by atoms with E-state index in [-0.39, 0.29) is 18.9 Å². The van der Waals surface area contributed by atoms with Crippen LogP contribution >= 0.6 is 0 Å². The lowest BCUT2D eigenvalue weighted by Gasteiger charge is -2.12. The van der Waals surface area contributed by atoms with Crippen LogP contribution in [0.3, 0.4) is 0 Å². The van der Waals surface area contributed by atoms with Gasteiger partial charge in [-0.2, -0.15) is 10.4 Å². The van der Waals surface area contributed by atoms with Crippen molar-refractivity contribution in [1.82, 2.24) is 5.43 Å². The largest absolute Gasteiger partial charge is 0.493 e. The van der Waals surface area contributed by atoms with E-state index < -0.39 is 5.91 Å². The van der Waals surface area contributed by atoms with Crippen molar-refractivity contribution in [3.63, 3.8) is 0 Å². The molecule has 0 saturated carbocycles. The van der Waals surface area contributed by atoms with Crippen molar-refractivity contribution in [3.05, 3.63) is 53.6 Å². The maximum atomic E-state index is 12.1. The molecule has 0 aliphatic rings. The van der Waals surface area contributed by atoms with E-state index in [2.05, 4.69) is 15.8 Å². The molecule has 0 atom stereocenters. The molecule has 2 aromatic carbocycles. The number of nitrogens with zero attached hydrogens (tertiary/aromatic N) is 2. The second kappa shape index (κ2) is 10.3. The highest BCUT2D eigenvalue weighted by atomic mass is 16.5. The number of nitrogens with one attached hydrogen (secondary N) is 2. The van der Waals surface area contributed by atoms with Gasteiger partial charge in [0.2, 0.25) is 0 Å². The first-order valence-electron chi connectivity index (χ1n) is 8.38. The first kappa shape index (κ1) is 20.5. The normalized spacial score (nSPS) is 10.2. The minimum Gasteiger partial charge on any atom is -0.493 e. The molecule has 0 aromatic heterocycles. The van der Waals surface area contributed by atoms with E-state index in [0.29, 0.717) is 17.1 Å². The molecule has 8 heteroatoms. The minimum atomic E-state index is -0.495. The first-order valence-corrected chi connectivity index (χ1v) is 8.38. The number of methoxy groups -OCH3 is 1. The lowest BCUT2D eigenvalue weighted by atomic mass is 10.2. The highest BCUT2D eigenvalue weighted by Crippen LogP contribution is 2.27. The standard InChI is InChI=1S/C20H20N4O4/c1-14-5-3-4-6-16(14)23-20(26)13-28-17-8-7-15(11-18(17)27-2)12-22-24-19(25)9-10-21/h3-8,11-12H,9,13H2,1-2H3,(H,23,26)(H,24,25)/b22-12-. The number of anilines is 1. The third-order valence-electron chi connectivity index (χ3n) is 3.61. The Balaban J connectivity index is 1.95. The Morgan fingerprint density at radius 1 is 1.18 bits per heavy atom. The van der Waals surface area contributed by atoms with Crippen LogP contribution in [0.5, 0.6) is 11.5 Å². The number of benzene rings is 2. The highest BCUT2D eigenvalue weighted by molar-refractivity contribution is 5.92. The van der Waals surface area contributed by atoms with Gasteiger partial charge in [0, 0.05) is 5.69 Å². The van der Waals surface area contributed by atoms with Crippen LogP contribution in [0.15, 0.2) is 47.6 Å². The van der Waals surface area contributed by atoms with Crippen molar-refractivity contribution >= 4 is 23.7 Å². The van der Waals surface area contributed by atoms with Crippen LogP contribution in [0.25, 0.3) is 0 Å². The Bertz CT molecular complexity index is 919. The second-order valence-electron chi connectivity index (χ2n) is 5.69. The summed E-state index contributed by atoms with van der Waals surface area (Å²) in [5.74, 6) is 0.0247. The maximum Gasteiger partial charge on any atom is 0.262 e. The number of carbonyl (C=O) groups excluding carboxylic acids is 2. The fourth-order valence-corrected chi connectivity index (χ4v) is 2.22. The zero-order chi connectivity index (χ0) is 20.4. The molecule has 8 nitrogen and oxygen atoms in total. The van der Waals surface area contributed by atoms with E-state index in [1.54, 1.807) is 24.3 Å². The van der Waals surface area contributed by atoms with Gasteiger partial charge in [-0.3, -0.25) is 9.59 Å². The lowest BCUT2D eigenvalue weighted by Crippen LogP contribution is -2.20. The molecule has 0 radical (unpaired) electrons. The van der Waals surface area contributed by atoms with Crippen LogP contribution in [0.4, 0.5) is 5.69 Å². The quantitative estimate of drug-likeness (QED) is 0.539. The Morgan fingerprint density at radius 2 is 1.96 bits per heavy atom. The summed E-state index contributed by atoms with van der Waals surface area (Å²) in [6.07, 6.45) is 1.14. The summed E-state index contributed by atoms with van der Waals surface area (Å²) in [5.41, 5.74) is 4.57. The number of hydrazone groups is 1. The molecule has 0 bridgehead atoms. The van der Waals surface area contributed by atoms with Gasteiger partial charge >= 0.3 is 0 Å². The van der Waals surface area contributed by atoms with Gasteiger partial charge in [0.05, 0.1) is 19.4 Å². The van der Waals surface area contributed by atoms with E-state index in [1.165, 1.54) is 13.3 Å². The molecule has 0 aliphatic heterocycles. The number of ether oxygens (including phenoxy) is 2. The smallest absolute Gasteiger partial charge is 0.262 e. The summed E-state index contributed by atoms with van der Waals surface area (Å²) in [7, 11) is 1.48. The van der Waals surface area contributed by atoms with Crippen LogP contribution in [0.2, 0.25) is 0 Å². The third kappa shape index (κ3) is 6.14. The van der Waals surface area contributed by atoms with Crippen LogP contribution < -0.4 is 20.2 Å². The summed E-state index contributed by atoms with van der Waals surface area (Å²) in [6.45, 7) is 1.73. The molecule has 0 saturated heterocycles. The molecule has 0 fully saturated rings. The first-order chi connectivity index (χ1) is 13.5. The van der Waals surface area contributed by atoms with Crippen molar-refractivity contribution < 1.29 is 19.1 Å². The molecule has 144 valence electrons. The lowest BCUT2D eigenvalue weighted by molar-refractivity contribution is -0.120. The van der Waals surface area contributed by atoms with Gasteiger partial charge in [0.1, 0.15) is 6.42 Å². The molecular weight excluding hydrogens is 360 g/mol. The molecule has 28 heavy (non-hydrogen) atoms. The Hall–Kier alpha value is -3.86. The zero-order valence-electron chi connectivity index (χ0n) is 15.6. The number of aryl methyl sites for hydroxylation is 1. The highest BCUT2D eigenvalue weighted by Gasteiger charge is 2.09. The number of hydrogen-bond donors (Lipinski definition) is 2. The van der Waals surface area contributed by atoms with Crippen molar-refractivity contribution in [2.24, 2.45) is 5.10 Å². The summed E-state index contributed by atoms with van der Waals surface area (Å²) in [4.78, 5) is 23.3. The SMILES string of the molecule is COc1cc(/C=N\NC(=O)CC#N)ccc1OCC(=O)Nc1ccccc1C. The molecular formula is C20H20N4O4. The Kier molecular flexibility index (Phi) is 7.54. The summed E-state index contributed by atoms with van der Waals surface area (Å²) in [5, 5.41) is 15.0. The molecule has 0 spiro atoms. The average molecular weight is 380 g/mol. The molecule has 0 unspecified atom stereocenters. The van der Waals surface area contributed by atoms with Crippen molar-refractivity contribution in [2.45, 2.75) is 13.3 Å². The van der Waals surface area contributed by atoms with Crippen molar-refractivity contribution in [2.75, 3.05) is 19.0 Å². The summed E-state index contributed by atoms with van der Waals surface area (Å²) in [6, 6.07) is 14.2. The minimum absolute atomic E-state index is 0.178. The molecule has 2 N–H and O–H groups in total. The van der Waals surface area contributed by atoms with Gasteiger partial charge < -0.3 is 14.8 Å². The van der Waals surface area contributed by atoms with Gasteiger partial charge in [0.15, 0.2) is 18.1 Å². The monoisotopic (exact) mass is 380 g/mol. The second-order valence-corrected chi connectivity index (χ2v) is 5.69. The van der Waals surface area contributed by atoms with E-state index in [9.17, 15) is 9.59 Å². The fraction of sp³-hybridized carbons (Fsp3) is 0.200. The van der Waals surface area contributed by atoms with Crippen molar-refractivity contribution in [1.29, 1.82) is 5.26 Å². The fourth-order valence-electron chi connectivity index (χ4n) is 2.22. The van der Waals surface area contributed by atoms with Gasteiger partial charge in [-0.1, -0.05) is 18.2 Å². The number of para-hydroxylation sites is 1.